The van der Waals surface area contributed by atoms with Crippen LogP contribution in [0.15, 0.2) is 39.9 Å². The van der Waals surface area contributed by atoms with Crippen molar-refractivity contribution in [2.75, 3.05) is 7.11 Å². The van der Waals surface area contributed by atoms with Crippen LogP contribution in [-0.4, -0.2) is 27.8 Å². The third kappa shape index (κ3) is 2.88. The van der Waals surface area contributed by atoms with Gasteiger partial charge in [-0.05, 0) is 24.4 Å². The molecule has 0 aliphatic heterocycles. The fraction of sp³-hybridized carbons (Fsp3) is 0.278. The van der Waals surface area contributed by atoms with Crippen LogP contribution in [0.4, 0.5) is 0 Å². The lowest BCUT2D eigenvalue weighted by Gasteiger charge is -2.17. The van der Waals surface area contributed by atoms with E-state index in [4.69, 9.17) is 4.74 Å². The molecule has 0 spiro atoms. The van der Waals surface area contributed by atoms with Crippen LogP contribution in [0, 0.1) is 6.92 Å². The smallest absolute Gasteiger partial charge is 0.306 e. The van der Waals surface area contributed by atoms with Crippen molar-refractivity contribution >= 4 is 16.9 Å². The highest BCUT2D eigenvalue weighted by atomic mass is 16.5. The van der Waals surface area contributed by atoms with Gasteiger partial charge in [0.1, 0.15) is 0 Å². The minimum Gasteiger partial charge on any atom is -0.469 e. The van der Waals surface area contributed by atoms with Gasteiger partial charge < -0.3 is 14.4 Å². The Labute approximate surface area is 143 Å². The number of pyridine rings is 1. The molecule has 7 nitrogen and oxygen atoms in total. The SMILES string of the molecule is COC(=O)C[C@H](c1c(C)[nH][nH]c1=O)c1cc2ccccc2n(C)c1=O. The molecule has 3 rings (SSSR count). The van der Waals surface area contributed by atoms with E-state index in [1.807, 2.05) is 24.3 Å². The van der Waals surface area contributed by atoms with E-state index in [2.05, 4.69) is 10.2 Å². The van der Waals surface area contributed by atoms with Gasteiger partial charge in [0.15, 0.2) is 0 Å². The number of fused-ring (bicyclic) bond motifs is 1. The van der Waals surface area contributed by atoms with Gasteiger partial charge in [0, 0.05) is 29.8 Å². The molecule has 0 saturated heterocycles. The molecule has 0 aliphatic rings. The molecule has 0 saturated carbocycles. The van der Waals surface area contributed by atoms with Crippen LogP contribution in [0.25, 0.3) is 10.9 Å². The summed E-state index contributed by atoms with van der Waals surface area (Å²) in [5.41, 5.74) is 1.55. The number of carbonyl (C=O) groups excluding carboxylic acids is 1. The van der Waals surface area contributed by atoms with Gasteiger partial charge in [-0.15, -0.1) is 0 Å². The number of esters is 1. The minimum absolute atomic E-state index is 0.0914. The third-order valence-corrected chi connectivity index (χ3v) is 4.50. The summed E-state index contributed by atoms with van der Waals surface area (Å²) in [5.74, 6) is -1.18. The maximum absolute atomic E-state index is 12.9. The lowest BCUT2D eigenvalue weighted by atomic mass is 9.88. The summed E-state index contributed by atoms with van der Waals surface area (Å²) in [6, 6.07) is 9.22. The van der Waals surface area contributed by atoms with Crippen LogP contribution >= 0.6 is 0 Å². The first-order valence-electron chi connectivity index (χ1n) is 7.86. The van der Waals surface area contributed by atoms with E-state index in [-0.39, 0.29) is 17.5 Å². The monoisotopic (exact) mass is 341 g/mol. The molecule has 1 atom stereocenters. The number of carbonyl (C=O) groups is 1. The summed E-state index contributed by atoms with van der Waals surface area (Å²) in [6.07, 6.45) is -0.0914. The zero-order chi connectivity index (χ0) is 18.1. The molecule has 0 amide bonds. The standard InChI is InChI=1S/C18H19N3O4/c1-10-16(17(23)20-19-10)12(9-15(22)25-3)13-8-11-6-4-5-7-14(11)21(2)18(13)24/h4-8,12H,9H2,1-3H3,(H2,19,20,23)/t12-/m0/s1. The molecule has 0 aliphatic carbocycles. The van der Waals surface area contributed by atoms with Gasteiger partial charge in [0.2, 0.25) is 0 Å². The molecule has 0 bridgehead atoms. The van der Waals surface area contributed by atoms with Gasteiger partial charge in [-0.2, -0.15) is 0 Å². The van der Waals surface area contributed by atoms with Gasteiger partial charge in [-0.25, -0.2) is 0 Å². The van der Waals surface area contributed by atoms with E-state index in [0.29, 0.717) is 16.8 Å². The van der Waals surface area contributed by atoms with Crippen LogP contribution in [-0.2, 0) is 16.6 Å². The van der Waals surface area contributed by atoms with Crippen LogP contribution in [0.2, 0.25) is 0 Å². The lowest BCUT2D eigenvalue weighted by Crippen LogP contribution is -2.27. The van der Waals surface area contributed by atoms with Gasteiger partial charge >= 0.3 is 5.97 Å². The van der Waals surface area contributed by atoms with Crippen molar-refractivity contribution in [3.05, 3.63) is 67.9 Å². The highest BCUT2D eigenvalue weighted by Crippen LogP contribution is 2.27. The van der Waals surface area contributed by atoms with Crippen molar-refractivity contribution in [3.8, 4) is 0 Å². The Bertz CT molecular complexity index is 1060. The number of rotatable bonds is 4. The molecule has 2 heterocycles. The number of nitrogens with one attached hydrogen (secondary N) is 2. The van der Waals surface area contributed by atoms with Gasteiger partial charge in [-0.3, -0.25) is 19.5 Å². The quantitative estimate of drug-likeness (QED) is 0.704. The maximum atomic E-state index is 12.9. The van der Waals surface area contributed by atoms with Crippen LogP contribution in [0.3, 0.4) is 0 Å². The third-order valence-electron chi connectivity index (χ3n) is 4.50. The zero-order valence-corrected chi connectivity index (χ0v) is 14.3. The molecule has 2 aromatic heterocycles. The van der Waals surface area contributed by atoms with E-state index in [0.717, 1.165) is 10.9 Å². The lowest BCUT2D eigenvalue weighted by molar-refractivity contribution is -0.140. The fourth-order valence-electron chi connectivity index (χ4n) is 3.19. The highest BCUT2D eigenvalue weighted by Gasteiger charge is 2.27. The van der Waals surface area contributed by atoms with Crippen LogP contribution in [0.5, 0.6) is 0 Å². The first-order chi connectivity index (χ1) is 11.9. The average molecular weight is 341 g/mol. The number of benzene rings is 1. The van der Waals surface area contributed by atoms with E-state index < -0.39 is 11.9 Å². The predicted molar refractivity (Wildman–Crippen MR) is 93.8 cm³/mol. The Morgan fingerprint density at radius 1 is 1.24 bits per heavy atom. The number of aryl methyl sites for hydroxylation is 2. The number of nitrogens with zero attached hydrogens (tertiary/aromatic N) is 1. The maximum Gasteiger partial charge on any atom is 0.306 e. The first-order valence-corrected chi connectivity index (χ1v) is 7.86. The first kappa shape index (κ1) is 16.8. The Balaban J connectivity index is 2.28. The fourth-order valence-corrected chi connectivity index (χ4v) is 3.19. The number of aromatic nitrogens is 3. The van der Waals surface area contributed by atoms with E-state index in [9.17, 15) is 14.4 Å². The molecule has 0 radical (unpaired) electrons. The van der Waals surface area contributed by atoms with Crippen molar-refractivity contribution in [2.45, 2.75) is 19.3 Å². The van der Waals surface area contributed by atoms with Gasteiger partial charge in [0.05, 0.1) is 19.0 Å². The molecular formula is C18H19N3O4. The minimum atomic E-state index is -0.689. The molecule has 0 unspecified atom stereocenters. The van der Waals surface area contributed by atoms with Crippen LogP contribution < -0.4 is 11.1 Å². The summed E-state index contributed by atoms with van der Waals surface area (Å²) in [7, 11) is 2.96. The van der Waals surface area contributed by atoms with Gasteiger partial charge in [-0.1, -0.05) is 18.2 Å². The van der Waals surface area contributed by atoms with Crippen molar-refractivity contribution in [2.24, 2.45) is 7.05 Å². The molecule has 1 aromatic carbocycles. The molecule has 2 N–H and O–H groups in total. The molecule has 7 heteroatoms. The van der Waals surface area contributed by atoms with Crippen molar-refractivity contribution in [1.82, 2.24) is 14.8 Å². The van der Waals surface area contributed by atoms with E-state index >= 15 is 0 Å². The van der Waals surface area contributed by atoms with E-state index in [1.165, 1.54) is 11.7 Å². The largest absolute Gasteiger partial charge is 0.469 e. The van der Waals surface area contributed by atoms with Gasteiger partial charge in [0.25, 0.3) is 11.1 Å². The van der Waals surface area contributed by atoms with E-state index in [1.54, 1.807) is 20.0 Å². The normalized spacial score (nSPS) is 12.3. The van der Waals surface area contributed by atoms with Crippen molar-refractivity contribution in [3.63, 3.8) is 0 Å². The number of aromatic amines is 2. The number of H-pyrrole nitrogens is 2. The molecular weight excluding hydrogens is 322 g/mol. The summed E-state index contributed by atoms with van der Waals surface area (Å²) in [5, 5.41) is 6.12. The molecule has 25 heavy (non-hydrogen) atoms. The number of hydrogen-bond acceptors (Lipinski definition) is 4. The Morgan fingerprint density at radius 3 is 2.60 bits per heavy atom. The number of ether oxygens (including phenoxy) is 1. The van der Waals surface area contributed by atoms with Crippen LogP contribution in [0.1, 0.15) is 29.2 Å². The zero-order valence-electron chi connectivity index (χ0n) is 14.3. The Kier molecular flexibility index (Phi) is 4.31. The second kappa shape index (κ2) is 6.43. The Hall–Kier alpha value is -3.09. The van der Waals surface area contributed by atoms with Crippen molar-refractivity contribution < 1.29 is 9.53 Å². The number of hydrogen-bond donors (Lipinski definition) is 2. The number of methoxy groups -OCH3 is 1. The summed E-state index contributed by atoms with van der Waals surface area (Å²) in [6.45, 7) is 1.73. The van der Waals surface area contributed by atoms with Crippen molar-refractivity contribution in [1.29, 1.82) is 0 Å². The average Bonchev–Trinajstić information content (AvgIpc) is 2.94. The second-order valence-corrected chi connectivity index (χ2v) is 5.97. The molecule has 3 aromatic rings. The molecule has 0 fully saturated rings. The number of para-hydroxylation sites is 1. The second-order valence-electron chi connectivity index (χ2n) is 5.97. The molecule has 130 valence electrons. The highest BCUT2D eigenvalue weighted by molar-refractivity contribution is 5.80. The topological polar surface area (TPSA) is 96.9 Å². The Morgan fingerprint density at radius 2 is 1.96 bits per heavy atom. The summed E-state index contributed by atoms with van der Waals surface area (Å²) in [4.78, 5) is 37.1. The summed E-state index contributed by atoms with van der Waals surface area (Å²) < 4.78 is 6.30. The predicted octanol–water partition coefficient (Wildman–Crippen LogP) is 1.56. The summed E-state index contributed by atoms with van der Waals surface area (Å²) >= 11 is 0.